The van der Waals surface area contributed by atoms with Crippen molar-refractivity contribution in [3.05, 3.63) is 30.1 Å². The number of ether oxygens (including phenoxy) is 1. The molecule has 0 aliphatic carbocycles. The molecule has 0 unspecified atom stereocenters. The zero-order valence-corrected chi connectivity index (χ0v) is 13.9. The van der Waals surface area contributed by atoms with E-state index in [0.29, 0.717) is 32.7 Å². The summed E-state index contributed by atoms with van der Waals surface area (Å²) in [6, 6.07) is 4.77. The predicted molar refractivity (Wildman–Crippen MR) is 82.8 cm³/mol. The minimum atomic E-state index is -3.67. The fraction of sp³-hybridized carbons (Fsp3) is 0.533. The molecule has 1 aliphatic rings. The number of benzene rings is 1. The van der Waals surface area contributed by atoms with E-state index in [4.69, 9.17) is 4.74 Å². The molecule has 1 aliphatic heterocycles. The Morgan fingerprint density at radius 2 is 1.87 bits per heavy atom. The fourth-order valence-corrected chi connectivity index (χ4v) is 3.89. The number of nitrogens with zero attached hydrogens (tertiary/aromatic N) is 2. The number of rotatable bonds is 5. The first-order valence-corrected chi connectivity index (χ1v) is 9.00. The van der Waals surface area contributed by atoms with Gasteiger partial charge in [0, 0.05) is 32.8 Å². The summed E-state index contributed by atoms with van der Waals surface area (Å²) in [6.07, 6.45) is 0.554. The van der Waals surface area contributed by atoms with Gasteiger partial charge in [0.1, 0.15) is 12.4 Å². The van der Waals surface area contributed by atoms with Gasteiger partial charge in [0.05, 0.1) is 4.90 Å². The van der Waals surface area contributed by atoms with Crippen LogP contribution in [0.1, 0.15) is 13.3 Å². The van der Waals surface area contributed by atoms with E-state index in [1.165, 1.54) is 16.4 Å². The first-order valence-electron chi connectivity index (χ1n) is 7.56. The predicted octanol–water partition coefficient (Wildman–Crippen LogP) is 1.09. The molecule has 23 heavy (non-hydrogen) atoms. The summed E-state index contributed by atoms with van der Waals surface area (Å²) < 4.78 is 44.6. The lowest BCUT2D eigenvalue weighted by molar-refractivity contribution is -0.135. The molecule has 1 saturated heterocycles. The quantitative estimate of drug-likeness (QED) is 0.802. The SMILES string of the molecule is CCOCC(=O)N1CCCN(S(=O)(=O)c2ccc(F)cc2)CC1. The summed E-state index contributed by atoms with van der Waals surface area (Å²) in [6.45, 7) is 3.67. The number of carbonyl (C=O) groups excluding carboxylic acids is 1. The van der Waals surface area contributed by atoms with Gasteiger partial charge in [0.25, 0.3) is 0 Å². The van der Waals surface area contributed by atoms with Crippen molar-refractivity contribution in [1.29, 1.82) is 0 Å². The molecule has 0 spiro atoms. The van der Waals surface area contributed by atoms with Crippen molar-refractivity contribution in [2.24, 2.45) is 0 Å². The van der Waals surface area contributed by atoms with E-state index < -0.39 is 15.8 Å². The van der Waals surface area contributed by atoms with Gasteiger partial charge in [-0.3, -0.25) is 4.79 Å². The van der Waals surface area contributed by atoms with Crippen LogP contribution >= 0.6 is 0 Å². The molecule has 2 rings (SSSR count). The molecule has 0 atom stereocenters. The smallest absolute Gasteiger partial charge is 0.248 e. The summed E-state index contributed by atoms with van der Waals surface area (Å²) in [5.41, 5.74) is 0. The molecule has 1 fully saturated rings. The third-order valence-corrected chi connectivity index (χ3v) is 5.60. The topological polar surface area (TPSA) is 66.9 Å². The van der Waals surface area contributed by atoms with Crippen molar-refractivity contribution < 1.29 is 22.3 Å². The molecule has 0 saturated carbocycles. The van der Waals surface area contributed by atoms with Crippen molar-refractivity contribution in [3.8, 4) is 0 Å². The highest BCUT2D eigenvalue weighted by Crippen LogP contribution is 2.18. The second kappa shape index (κ2) is 7.85. The monoisotopic (exact) mass is 344 g/mol. The molecular weight excluding hydrogens is 323 g/mol. The van der Waals surface area contributed by atoms with Gasteiger partial charge in [0.2, 0.25) is 15.9 Å². The lowest BCUT2D eigenvalue weighted by atomic mass is 10.4. The second-order valence-electron chi connectivity index (χ2n) is 5.23. The van der Waals surface area contributed by atoms with Gasteiger partial charge in [-0.1, -0.05) is 0 Å². The second-order valence-corrected chi connectivity index (χ2v) is 7.17. The van der Waals surface area contributed by atoms with E-state index in [0.717, 1.165) is 12.1 Å². The molecule has 1 aromatic carbocycles. The average molecular weight is 344 g/mol. The number of hydrogen-bond donors (Lipinski definition) is 0. The van der Waals surface area contributed by atoms with Crippen LogP contribution in [0.4, 0.5) is 4.39 Å². The van der Waals surface area contributed by atoms with E-state index in [1.54, 1.807) is 4.90 Å². The lowest BCUT2D eigenvalue weighted by Crippen LogP contribution is -2.38. The molecular formula is C15H21FN2O4S. The zero-order valence-electron chi connectivity index (χ0n) is 13.1. The van der Waals surface area contributed by atoms with Gasteiger partial charge in [0.15, 0.2) is 0 Å². The minimum Gasteiger partial charge on any atom is -0.372 e. The molecule has 0 aromatic heterocycles. The van der Waals surface area contributed by atoms with E-state index >= 15 is 0 Å². The van der Waals surface area contributed by atoms with E-state index in [9.17, 15) is 17.6 Å². The van der Waals surface area contributed by atoms with Crippen LogP contribution in [0.5, 0.6) is 0 Å². The molecule has 1 heterocycles. The molecule has 0 radical (unpaired) electrons. The Morgan fingerprint density at radius 1 is 1.17 bits per heavy atom. The van der Waals surface area contributed by atoms with Crippen molar-refractivity contribution in [2.75, 3.05) is 39.4 Å². The summed E-state index contributed by atoms with van der Waals surface area (Å²) in [7, 11) is -3.67. The molecule has 1 aromatic rings. The van der Waals surface area contributed by atoms with Crippen LogP contribution in [-0.4, -0.2) is 62.9 Å². The number of hydrogen-bond acceptors (Lipinski definition) is 4. The third-order valence-electron chi connectivity index (χ3n) is 3.69. The van der Waals surface area contributed by atoms with Crippen LogP contribution in [0.25, 0.3) is 0 Å². The van der Waals surface area contributed by atoms with Gasteiger partial charge < -0.3 is 9.64 Å². The standard InChI is InChI=1S/C15H21FN2O4S/c1-2-22-12-15(19)17-8-3-9-18(11-10-17)23(20,21)14-6-4-13(16)5-7-14/h4-7H,2-3,8-12H2,1H3. The van der Waals surface area contributed by atoms with E-state index in [1.807, 2.05) is 6.92 Å². The number of sulfonamides is 1. The first kappa shape index (κ1) is 17.8. The summed E-state index contributed by atoms with van der Waals surface area (Å²) in [4.78, 5) is 13.6. The summed E-state index contributed by atoms with van der Waals surface area (Å²) in [5.74, 6) is -0.611. The van der Waals surface area contributed by atoms with E-state index in [2.05, 4.69) is 0 Å². The largest absolute Gasteiger partial charge is 0.372 e. The first-order chi connectivity index (χ1) is 10.9. The van der Waals surface area contributed by atoms with Crippen molar-refractivity contribution in [2.45, 2.75) is 18.2 Å². The maximum Gasteiger partial charge on any atom is 0.248 e. The Kier molecular flexibility index (Phi) is 6.09. The van der Waals surface area contributed by atoms with Crippen LogP contribution in [0.2, 0.25) is 0 Å². The molecule has 6 nitrogen and oxygen atoms in total. The Hall–Kier alpha value is -1.51. The molecule has 8 heteroatoms. The number of amides is 1. The fourth-order valence-electron chi connectivity index (χ4n) is 2.42. The van der Waals surface area contributed by atoms with Crippen LogP contribution in [0.3, 0.4) is 0 Å². The van der Waals surface area contributed by atoms with Gasteiger partial charge in [-0.15, -0.1) is 0 Å². The lowest BCUT2D eigenvalue weighted by Gasteiger charge is -2.22. The third kappa shape index (κ3) is 4.49. The number of halogens is 1. The molecule has 128 valence electrons. The Labute approximate surface area is 135 Å². The zero-order chi connectivity index (χ0) is 16.9. The van der Waals surface area contributed by atoms with E-state index in [-0.39, 0.29) is 24.0 Å². The molecule has 0 bridgehead atoms. The normalized spacial score (nSPS) is 17.0. The van der Waals surface area contributed by atoms with Crippen LogP contribution in [0, 0.1) is 5.82 Å². The average Bonchev–Trinajstić information content (AvgIpc) is 2.79. The number of carbonyl (C=O) groups is 1. The summed E-state index contributed by atoms with van der Waals surface area (Å²) in [5, 5.41) is 0. The van der Waals surface area contributed by atoms with Gasteiger partial charge in [-0.05, 0) is 37.6 Å². The van der Waals surface area contributed by atoms with Crippen molar-refractivity contribution >= 4 is 15.9 Å². The van der Waals surface area contributed by atoms with Gasteiger partial charge in [-0.2, -0.15) is 4.31 Å². The van der Waals surface area contributed by atoms with Crippen molar-refractivity contribution in [1.82, 2.24) is 9.21 Å². The van der Waals surface area contributed by atoms with Crippen molar-refractivity contribution in [3.63, 3.8) is 0 Å². The Morgan fingerprint density at radius 3 is 2.52 bits per heavy atom. The highest BCUT2D eigenvalue weighted by molar-refractivity contribution is 7.89. The minimum absolute atomic E-state index is 0.0151. The Balaban J connectivity index is 2.04. The van der Waals surface area contributed by atoms with Gasteiger partial charge >= 0.3 is 0 Å². The summed E-state index contributed by atoms with van der Waals surface area (Å²) >= 11 is 0. The molecule has 1 amide bonds. The van der Waals surface area contributed by atoms with Crippen LogP contribution in [0.15, 0.2) is 29.2 Å². The maximum atomic E-state index is 13.0. The van der Waals surface area contributed by atoms with Crippen LogP contribution in [-0.2, 0) is 19.6 Å². The van der Waals surface area contributed by atoms with Gasteiger partial charge in [-0.25, -0.2) is 12.8 Å². The highest BCUT2D eigenvalue weighted by Gasteiger charge is 2.28. The Bertz CT molecular complexity index is 633. The van der Waals surface area contributed by atoms with Crippen LogP contribution < -0.4 is 0 Å². The maximum absolute atomic E-state index is 13.0. The molecule has 0 N–H and O–H groups in total. The highest BCUT2D eigenvalue weighted by atomic mass is 32.2.